The Morgan fingerprint density at radius 1 is 1.45 bits per heavy atom. The second-order valence-electron chi connectivity index (χ2n) is 6.14. The second-order valence-corrected chi connectivity index (χ2v) is 7.43. The summed E-state index contributed by atoms with van der Waals surface area (Å²) < 4.78 is 5.48. The van der Waals surface area contributed by atoms with E-state index >= 15 is 0 Å². The van der Waals surface area contributed by atoms with Crippen molar-refractivity contribution in [2.75, 3.05) is 13.6 Å². The summed E-state index contributed by atoms with van der Waals surface area (Å²) in [4.78, 5) is 20.5. The van der Waals surface area contributed by atoms with Crippen molar-refractivity contribution >= 4 is 17.2 Å². The molecule has 118 valence electrons. The molecule has 0 bridgehead atoms. The van der Waals surface area contributed by atoms with Gasteiger partial charge < -0.3 is 9.32 Å². The molecule has 2 aromatic heterocycles. The van der Waals surface area contributed by atoms with Crippen molar-refractivity contribution in [3.63, 3.8) is 0 Å². The van der Waals surface area contributed by atoms with Crippen molar-refractivity contribution in [1.29, 1.82) is 0 Å². The molecule has 1 amide bonds. The largest absolute Gasteiger partial charge is 0.466 e. The van der Waals surface area contributed by atoms with Gasteiger partial charge in [0.05, 0.1) is 16.3 Å². The highest BCUT2D eigenvalue weighted by Crippen LogP contribution is 2.35. The Bertz CT molecular complexity index is 702. The minimum Gasteiger partial charge on any atom is -0.466 e. The summed E-state index contributed by atoms with van der Waals surface area (Å²) in [7, 11) is 1.87. The van der Waals surface area contributed by atoms with Gasteiger partial charge in [0, 0.05) is 24.4 Å². The zero-order valence-electron chi connectivity index (χ0n) is 13.6. The SMILES string of the molecule is Cc1cc(C(=O)N(C)C[C@H]2CCCc3sc(C)nc32)c(C)o1. The highest BCUT2D eigenvalue weighted by Gasteiger charge is 2.27. The van der Waals surface area contributed by atoms with E-state index in [0.717, 1.165) is 30.2 Å². The molecule has 4 nitrogen and oxygen atoms in total. The molecular formula is C17H22N2O2S. The lowest BCUT2D eigenvalue weighted by Gasteiger charge is -2.26. The monoisotopic (exact) mass is 318 g/mol. The van der Waals surface area contributed by atoms with Gasteiger partial charge in [-0.1, -0.05) is 0 Å². The first-order valence-corrected chi connectivity index (χ1v) is 8.56. The number of fused-ring (bicyclic) bond motifs is 1. The van der Waals surface area contributed by atoms with Gasteiger partial charge in [-0.25, -0.2) is 4.98 Å². The van der Waals surface area contributed by atoms with E-state index < -0.39 is 0 Å². The van der Waals surface area contributed by atoms with Crippen LogP contribution in [-0.2, 0) is 6.42 Å². The lowest BCUT2D eigenvalue weighted by Crippen LogP contribution is -2.32. The van der Waals surface area contributed by atoms with Crippen LogP contribution in [-0.4, -0.2) is 29.4 Å². The van der Waals surface area contributed by atoms with Crippen LogP contribution in [0.2, 0.25) is 0 Å². The van der Waals surface area contributed by atoms with E-state index in [9.17, 15) is 4.79 Å². The summed E-state index contributed by atoms with van der Waals surface area (Å²) in [5.41, 5.74) is 1.89. The van der Waals surface area contributed by atoms with Gasteiger partial charge in [0.2, 0.25) is 0 Å². The van der Waals surface area contributed by atoms with E-state index in [0.29, 0.717) is 17.2 Å². The summed E-state index contributed by atoms with van der Waals surface area (Å²) in [6.07, 6.45) is 3.43. The standard InChI is InChI=1S/C17H22N2O2S/c1-10-8-14(11(2)21-10)17(20)19(4)9-13-6-5-7-15-16(13)18-12(3)22-15/h8,13H,5-7,9H2,1-4H3/t13-/m1/s1. The highest BCUT2D eigenvalue weighted by atomic mass is 32.1. The molecule has 5 heteroatoms. The Morgan fingerprint density at radius 2 is 2.23 bits per heavy atom. The Labute approximate surface area is 135 Å². The molecule has 22 heavy (non-hydrogen) atoms. The van der Waals surface area contributed by atoms with Crippen LogP contribution in [0.15, 0.2) is 10.5 Å². The molecule has 3 rings (SSSR count). The van der Waals surface area contributed by atoms with Gasteiger partial charge in [0.15, 0.2) is 0 Å². The Morgan fingerprint density at radius 3 is 2.91 bits per heavy atom. The fourth-order valence-corrected chi connectivity index (χ4v) is 4.33. The predicted octanol–water partition coefficient (Wildman–Crippen LogP) is 3.85. The lowest BCUT2D eigenvalue weighted by atomic mass is 9.90. The Balaban J connectivity index is 1.76. The lowest BCUT2D eigenvalue weighted by molar-refractivity contribution is 0.0781. The highest BCUT2D eigenvalue weighted by molar-refractivity contribution is 7.11. The molecule has 1 atom stereocenters. The number of likely N-dealkylation sites (N-methyl/N-ethyl adjacent to an activating group) is 1. The van der Waals surface area contributed by atoms with Gasteiger partial charge in [-0.2, -0.15) is 0 Å². The average molecular weight is 318 g/mol. The second kappa shape index (κ2) is 5.88. The molecule has 1 aliphatic carbocycles. The molecule has 1 aliphatic rings. The number of nitrogens with zero attached hydrogens (tertiary/aromatic N) is 2. The zero-order valence-corrected chi connectivity index (χ0v) is 14.4. The molecule has 0 N–H and O–H groups in total. The van der Waals surface area contributed by atoms with Crippen molar-refractivity contribution < 1.29 is 9.21 Å². The maximum Gasteiger partial charge on any atom is 0.257 e. The maximum absolute atomic E-state index is 12.6. The normalized spacial score (nSPS) is 17.4. The number of carbonyl (C=O) groups excluding carboxylic acids is 1. The number of hydrogen-bond acceptors (Lipinski definition) is 4. The smallest absolute Gasteiger partial charge is 0.257 e. The molecule has 2 aromatic rings. The van der Waals surface area contributed by atoms with Crippen LogP contribution in [0.5, 0.6) is 0 Å². The van der Waals surface area contributed by atoms with Crippen LogP contribution in [0.3, 0.4) is 0 Å². The third-order valence-electron chi connectivity index (χ3n) is 4.29. The van der Waals surface area contributed by atoms with E-state index in [1.807, 2.05) is 31.9 Å². The number of thiazole rings is 1. The van der Waals surface area contributed by atoms with Crippen LogP contribution in [0, 0.1) is 20.8 Å². The van der Waals surface area contributed by atoms with Crippen molar-refractivity contribution in [2.45, 2.75) is 46.0 Å². The van der Waals surface area contributed by atoms with Crippen LogP contribution >= 0.6 is 11.3 Å². The summed E-state index contributed by atoms with van der Waals surface area (Å²) in [5, 5.41) is 1.13. The third kappa shape index (κ3) is 2.82. The van der Waals surface area contributed by atoms with Gasteiger partial charge in [0.1, 0.15) is 11.5 Å². The number of furan rings is 1. The van der Waals surface area contributed by atoms with Crippen LogP contribution in [0.1, 0.15) is 56.2 Å². The van der Waals surface area contributed by atoms with E-state index in [1.54, 1.807) is 11.3 Å². The quantitative estimate of drug-likeness (QED) is 0.863. The summed E-state index contributed by atoms with van der Waals surface area (Å²) in [5.74, 6) is 1.87. The number of hydrogen-bond donors (Lipinski definition) is 0. The third-order valence-corrected chi connectivity index (χ3v) is 5.34. The molecule has 0 fully saturated rings. The molecule has 0 spiro atoms. The van der Waals surface area contributed by atoms with Crippen LogP contribution in [0.4, 0.5) is 0 Å². The molecule has 0 aliphatic heterocycles. The van der Waals surface area contributed by atoms with Gasteiger partial charge in [-0.05, 0) is 46.1 Å². The number of aryl methyl sites for hydroxylation is 4. The topological polar surface area (TPSA) is 46.3 Å². The van der Waals surface area contributed by atoms with E-state index in [1.165, 1.54) is 17.0 Å². The van der Waals surface area contributed by atoms with Gasteiger partial charge in [-0.15, -0.1) is 11.3 Å². The van der Waals surface area contributed by atoms with Crippen LogP contribution in [0.25, 0.3) is 0 Å². The molecule has 0 aromatic carbocycles. The summed E-state index contributed by atoms with van der Waals surface area (Å²) >= 11 is 1.80. The minimum absolute atomic E-state index is 0.0356. The van der Waals surface area contributed by atoms with Crippen molar-refractivity contribution in [1.82, 2.24) is 9.88 Å². The fourth-order valence-electron chi connectivity index (χ4n) is 3.27. The number of amides is 1. The maximum atomic E-state index is 12.6. The zero-order chi connectivity index (χ0) is 15.9. The van der Waals surface area contributed by atoms with Gasteiger partial charge in [-0.3, -0.25) is 4.79 Å². The van der Waals surface area contributed by atoms with E-state index in [4.69, 9.17) is 9.40 Å². The molecular weight excluding hydrogens is 296 g/mol. The van der Waals surface area contributed by atoms with Crippen molar-refractivity contribution in [3.8, 4) is 0 Å². The Hall–Kier alpha value is -1.62. The average Bonchev–Trinajstić information content (AvgIpc) is 3.00. The van der Waals surface area contributed by atoms with Crippen molar-refractivity contribution in [2.24, 2.45) is 0 Å². The molecule has 2 heterocycles. The van der Waals surface area contributed by atoms with Crippen LogP contribution < -0.4 is 0 Å². The first kappa shape index (κ1) is 15.3. The first-order chi connectivity index (χ1) is 10.5. The van der Waals surface area contributed by atoms with Gasteiger partial charge >= 0.3 is 0 Å². The Kier molecular flexibility index (Phi) is 4.08. The molecule has 0 unspecified atom stereocenters. The number of rotatable bonds is 3. The fraction of sp³-hybridized carbons (Fsp3) is 0.529. The van der Waals surface area contributed by atoms with Crippen molar-refractivity contribution in [3.05, 3.63) is 38.7 Å². The summed E-state index contributed by atoms with van der Waals surface area (Å²) in [6.45, 7) is 6.50. The first-order valence-electron chi connectivity index (χ1n) is 7.74. The van der Waals surface area contributed by atoms with Gasteiger partial charge in [0.25, 0.3) is 5.91 Å². The molecule has 0 saturated heterocycles. The minimum atomic E-state index is 0.0356. The van der Waals surface area contributed by atoms with E-state index in [-0.39, 0.29) is 5.91 Å². The number of carbonyl (C=O) groups is 1. The molecule has 0 saturated carbocycles. The predicted molar refractivity (Wildman–Crippen MR) is 87.7 cm³/mol. The number of aromatic nitrogens is 1. The van der Waals surface area contributed by atoms with E-state index in [2.05, 4.69) is 6.92 Å². The molecule has 0 radical (unpaired) electrons. The summed E-state index contributed by atoms with van der Waals surface area (Å²) in [6, 6.07) is 1.83.